The van der Waals surface area contributed by atoms with Crippen molar-refractivity contribution >= 4 is 27.2 Å². The summed E-state index contributed by atoms with van der Waals surface area (Å²) in [6.45, 7) is 2.51. The fourth-order valence-corrected chi connectivity index (χ4v) is 6.66. The third-order valence-electron chi connectivity index (χ3n) is 6.75. The van der Waals surface area contributed by atoms with Crippen molar-refractivity contribution in [1.82, 2.24) is 0 Å². The zero-order valence-corrected chi connectivity index (χ0v) is 21.2. The lowest BCUT2D eigenvalue weighted by molar-refractivity contribution is 0.0499. The van der Waals surface area contributed by atoms with E-state index in [9.17, 15) is 13.2 Å². The van der Waals surface area contributed by atoms with Crippen molar-refractivity contribution in [3.8, 4) is 11.1 Å². The number of sulfone groups is 1. The standard InChI is InChI=1S/C29H30N2O4S/c1-2-3-9-18-35-29(32)26-16-10-15-25-27(26)23-13-7-8-14-24(23)28(25)30-31(21-11-5-4-6-12-21)22-17-19-36(33,34)20-22/h4-8,10-16,22H,2-3,9,17-20H2,1H3/b30-28+. The van der Waals surface area contributed by atoms with Crippen LogP contribution in [0.4, 0.5) is 5.69 Å². The monoisotopic (exact) mass is 502 g/mol. The molecule has 0 amide bonds. The average Bonchev–Trinajstić information content (AvgIpc) is 3.42. The van der Waals surface area contributed by atoms with Gasteiger partial charge in [-0.3, -0.25) is 5.01 Å². The Balaban J connectivity index is 1.59. The van der Waals surface area contributed by atoms with Crippen LogP contribution in [-0.2, 0) is 14.6 Å². The van der Waals surface area contributed by atoms with E-state index < -0.39 is 9.84 Å². The van der Waals surface area contributed by atoms with Gasteiger partial charge in [0.15, 0.2) is 9.84 Å². The summed E-state index contributed by atoms with van der Waals surface area (Å²) in [5.41, 5.74) is 5.61. The molecule has 6 nitrogen and oxygen atoms in total. The van der Waals surface area contributed by atoms with Gasteiger partial charge < -0.3 is 4.74 Å². The van der Waals surface area contributed by atoms with Crippen molar-refractivity contribution in [3.63, 3.8) is 0 Å². The smallest absolute Gasteiger partial charge is 0.338 e. The van der Waals surface area contributed by atoms with Crippen LogP contribution in [0.2, 0.25) is 0 Å². The first kappa shape index (κ1) is 24.3. The van der Waals surface area contributed by atoms with Crippen molar-refractivity contribution in [2.24, 2.45) is 5.10 Å². The number of rotatable bonds is 8. The van der Waals surface area contributed by atoms with E-state index in [1.807, 2.05) is 71.7 Å². The lowest BCUT2D eigenvalue weighted by Gasteiger charge is -2.26. The molecule has 2 aliphatic rings. The Morgan fingerprint density at radius 1 is 0.944 bits per heavy atom. The Bertz CT molecular complexity index is 1400. The van der Waals surface area contributed by atoms with Gasteiger partial charge in [0, 0.05) is 16.7 Å². The van der Waals surface area contributed by atoms with Gasteiger partial charge in [-0.25, -0.2) is 13.2 Å². The lowest BCUT2D eigenvalue weighted by atomic mass is 9.99. The molecule has 186 valence electrons. The highest BCUT2D eigenvalue weighted by Gasteiger charge is 2.35. The van der Waals surface area contributed by atoms with Gasteiger partial charge in [0.05, 0.1) is 41.1 Å². The van der Waals surface area contributed by atoms with Crippen LogP contribution in [0.15, 0.2) is 77.9 Å². The maximum atomic E-state index is 13.1. The zero-order valence-electron chi connectivity index (χ0n) is 20.4. The second kappa shape index (κ2) is 10.3. The maximum Gasteiger partial charge on any atom is 0.338 e. The number of carbonyl (C=O) groups is 1. The van der Waals surface area contributed by atoms with E-state index >= 15 is 0 Å². The van der Waals surface area contributed by atoms with Crippen LogP contribution in [0, 0.1) is 0 Å². The largest absolute Gasteiger partial charge is 0.462 e. The molecule has 1 saturated heterocycles. The van der Waals surface area contributed by atoms with Crippen molar-refractivity contribution < 1.29 is 17.9 Å². The summed E-state index contributed by atoms with van der Waals surface area (Å²) >= 11 is 0. The molecule has 1 unspecified atom stereocenters. The first-order chi connectivity index (χ1) is 17.5. The Labute approximate surface area is 212 Å². The van der Waals surface area contributed by atoms with E-state index in [1.165, 1.54) is 0 Å². The molecule has 0 spiro atoms. The van der Waals surface area contributed by atoms with Gasteiger partial charge >= 0.3 is 5.97 Å². The molecule has 0 aromatic heterocycles. The highest BCUT2D eigenvalue weighted by Crippen LogP contribution is 2.40. The molecular formula is C29H30N2O4S. The predicted octanol–water partition coefficient (Wildman–Crippen LogP) is 5.46. The fourth-order valence-electron chi connectivity index (χ4n) is 4.97. The number of para-hydroxylation sites is 1. The van der Waals surface area contributed by atoms with Crippen molar-refractivity contribution in [2.75, 3.05) is 23.1 Å². The number of benzene rings is 3. The van der Waals surface area contributed by atoms with E-state index in [0.717, 1.165) is 52.9 Å². The topological polar surface area (TPSA) is 76.0 Å². The third kappa shape index (κ3) is 4.80. The molecule has 1 aliphatic heterocycles. The number of unbranched alkanes of at least 4 members (excludes halogenated alkanes) is 2. The average molecular weight is 503 g/mol. The normalized spacial score (nSPS) is 18.6. The van der Waals surface area contributed by atoms with Gasteiger partial charge in [-0.1, -0.05) is 74.4 Å². The maximum absolute atomic E-state index is 13.1. The zero-order chi connectivity index (χ0) is 25.1. The third-order valence-corrected chi connectivity index (χ3v) is 8.51. The van der Waals surface area contributed by atoms with Crippen LogP contribution < -0.4 is 5.01 Å². The van der Waals surface area contributed by atoms with Crippen molar-refractivity contribution in [2.45, 2.75) is 38.6 Å². The molecule has 1 aliphatic carbocycles. The molecular weight excluding hydrogens is 472 g/mol. The molecule has 36 heavy (non-hydrogen) atoms. The van der Waals surface area contributed by atoms with Gasteiger partial charge in [0.2, 0.25) is 0 Å². The minimum atomic E-state index is -3.11. The molecule has 7 heteroatoms. The summed E-state index contributed by atoms with van der Waals surface area (Å²) < 4.78 is 30.3. The number of fused-ring (bicyclic) bond motifs is 3. The Kier molecular flexibility index (Phi) is 6.92. The first-order valence-corrected chi connectivity index (χ1v) is 14.3. The van der Waals surface area contributed by atoms with Crippen LogP contribution >= 0.6 is 0 Å². The summed E-state index contributed by atoms with van der Waals surface area (Å²) in [6.07, 6.45) is 3.45. The van der Waals surface area contributed by atoms with Crippen LogP contribution in [0.1, 0.15) is 54.1 Å². The van der Waals surface area contributed by atoms with E-state index in [2.05, 4.69) is 6.92 Å². The minimum absolute atomic E-state index is 0.0668. The molecule has 1 atom stereocenters. The molecule has 1 fully saturated rings. The molecule has 0 N–H and O–H groups in total. The number of esters is 1. The van der Waals surface area contributed by atoms with Crippen LogP contribution in [-0.4, -0.2) is 44.3 Å². The van der Waals surface area contributed by atoms with E-state index in [0.29, 0.717) is 18.6 Å². The summed E-state index contributed by atoms with van der Waals surface area (Å²) in [7, 11) is -3.11. The van der Waals surface area contributed by atoms with Crippen molar-refractivity contribution in [3.05, 3.63) is 89.5 Å². The summed E-state index contributed by atoms with van der Waals surface area (Å²) in [4.78, 5) is 13.1. The van der Waals surface area contributed by atoms with E-state index in [1.54, 1.807) is 6.07 Å². The van der Waals surface area contributed by atoms with Crippen molar-refractivity contribution in [1.29, 1.82) is 0 Å². The van der Waals surface area contributed by atoms with Gasteiger partial charge in [-0.2, -0.15) is 5.10 Å². The number of anilines is 1. The highest BCUT2D eigenvalue weighted by atomic mass is 32.2. The molecule has 1 heterocycles. The number of ether oxygens (including phenoxy) is 1. The Morgan fingerprint density at radius 2 is 1.67 bits per heavy atom. The number of hydrogen-bond acceptors (Lipinski definition) is 6. The molecule has 3 aromatic rings. The molecule has 3 aromatic carbocycles. The Morgan fingerprint density at radius 3 is 2.39 bits per heavy atom. The number of nitrogens with zero attached hydrogens (tertiary/aromatic N) is 2. The molecule has 0 bridgehead atoms. The van der Waals surface area contributed by atoms with Gasteiger partial charge in [-0.15, -0.1) is 0 Å². The second-order valence-electron chi connectivity index (χ2n) is 9.30. The number of carbonyl (C=O) groups excluding carboxylic acids is 1. The summed E-state index contributed by atoms with van der Waals surface area (Å²) in [5.74, 6) is -0.106. The molecule has 5 rings (SSSR count). The summed E-state index contributed by atoms with van der Waals surface area (Å²) in [5, 5.41) is 6.95. The van der Waals surface area contributed by atoms with Gasteiger partial charge in [0.25, 0.3) is 0 Å². The highest BCUT2D eigenvalue weighted by molar-refractivity contribution is 7.91. The van der Waals surface area contributed by atoms with Gasteiger partial charge in [0.1, 0.15) is 0 Å². The van der Waals surface area contributed by atoms with Crippen LogP contribution in [0.25, 0.3) is 11.1 Å². The van der Waals surface area contributed by atoms with E-state index in [-0.39, 0.29) is 23.5 Å². The SMILES string of the molecule is CCCCCOC(=O)c1cccc2c1-c1ccccc1/C2=N\N(c1ccccc1)C1CCS(=O)(=O)C1. The number of hydrazone groups is 1. The van der Waals surface area contributed by atoms with E-state index in [4.69, 9.17) is 9.84 Å². The molecule has 0 radical (unpaired) electrons. The Hall–Kier alpha value is -3.45. The number of hydrogen-bond donors (Lipinski definition) is 0. The van der Waals surface area contributed by atoms with Gasteiger partial charge in [-0.05, 0) is 36.6 Å². The van der Waals surface area contributed by atoms with Crippen LogP contribution in [0.3, 0.4) is 0 Å². The lowest BCUT2D eigenvalue weighted by Crippen LogP contribution is -2.33. The first-order valence-electron chi connectivity index (χ1n) is 12.5. The summed E-state index contributed by atoms with van der Waals surface area (Å²) in [6, 6.07) is 22.9. The predicted molar refractivity (Wildman–Crippen MR) is 143 cm³/mol. The fraction of sp³-hybridized carbons (Fsp3) is 0.310. The second-order valence-corrected chi connectivity index (χ2v) is 11.5. The van der Waals surface area contributed by atoms with Crippen LogP contribution in [0.5, 0.6) is 0 Å². The minimum Gasteiger partial charge on any atom is -0.462 e. The quantitative estimate of drug-likeness (QED) is 0.182. The molecule has 0 saturated carbocycles.